The Morgan fingerprint density at radius 3 is 2.50 bits per heavy atom. The smallest absolute Gasteiger partial charge is 0.340 e. The number of urea groups is 1. The first kappa shape index (κ1) is 17.5. The number of carbonyl (C=O) groups is 4. The van der Waals surface area contributed by atoms with Crippen LogP contribution in [0.25, 0.3) is 0 Å². The van der Waals surface area contributed by atoms with Gasteiger partial charge in [0.05, 0.1) is 17.9 Å². The summed E-state index contributed by atoms with van der Waals surface area (Å²) in [5, 5.41) is 5.02. The second-order valence-electron chi connectivity index (χ2n) is 5.76. The number of benzene rings is 1. The molecule has 0 unspecified atom stereocenters. The molecule has 8 nitrogen and oxygen atoms in total. The topological polar surface area (TPSA) is 105 Å². The van der Waals surface area contributed by atoms with Crippen LogP contribution in [-0.4, -0.2) is 47.4 Å². The summed E-state index contributed by atoms with van der Waals surface area (Å²) in [4.78, 5) is 48.7. The van der Waals surface area contributed by atoms with Crippen molar-refractivity contribution < 1.29 is 23.9 Å². The van der Waals surface area contributed by atoms with Gasteiger partial charge in [-0.25, -0.2) is 9.59 Å². The van der Waals surface area contributed by atoms with Crippen molar-refractivity contribution in [1.82, 2.24) is 10.2 Å². The molecular weight excluding hydrogens is 314 g/mol. The third-order valence-electron chi connectivity index (χ3n) is 3.44. The molecule has 128 valence electrons. The summed E-state index contributed by atoms with van der Waals surface area (Å²) in [6.07, 6.45) is 0. The van der Waals surface area contributed by atoms with Gasteiger partial charge < -0.3 is 15.4 Å². The largest absolute Gasteiger partial charge is 0.462 e. The number of para-hydroxylation sites is 1. The summed E-state index contributed by atoms with van der Waals surface area (Å²) in [6, 6.07) is 5.72. The Morgan fingerprint density at radius 2 is 1.92 bits per heavy atom. The minimum Gasteiger partial charge on any atom is -0.462 e. The second-order valence-corrected chi connectivity index (χ2v) is 5.76. The molecule has 8 heteroatoms. The molecule has 4 amide bonds. The molecule has 0 aromatic heterocycles. The maximum absolute atomic E-state index is 12.2. The zero-order valence-corrected chi connectivity index (χ0v) is 13.7. The fourth-order valence-corrected chi connectivity index (χ4v) is 2.27. The Bertz CT molecular complexity index is 699. The van der Waals surface area contributed by atoms with Crippen LogP contribution < -0.4 is 10.6 Å². The molecule has 1 fully saturated rings. The molecule has 0 saturated carbocycles. The van der Waals surface area contributed by atoms with E-state index < -0.39 is 35.9 Å². The van der Waals surface area contributed by atoms with Gasteiger partial charge in [0.2, 0.25) is 5.91 Å². The van der Waals surface area contributed by atoms with Gasteiger partial charge in [0, 0.05) is 0 Å². The quantitative estimate of drug-likeness (QED) is 0.621. The molecule has 0 atom stereocenters. The highest BCUT2D eigenvalue weighted by Crippen LogP contribution is 2.18. The van der Waals surface area contributed by atoms with Gasteiger partial charge >= 0.3 is 12.0 Å². The van der Waals surface area contributed by atoms with Crippen LogP contribution in [0.2, 0.25) is 0 Å². The summed E-state index contributed by atoms with van der Waals surface area (Å²) in [7, 11) is 0. The fraction of sp³-hybridized carbons (Fsp3) is 0.375. The van der Waals surface area contributed by atoms with E-state index in [1.165, 1.54) is 6.07 Å². The highest BCUT2D eigenvalue weighted by atomic mass is 16.5. The Hall–Kier alpha value is -2.90. The lowest BCUT2D eigenvalue weighted by atomic mass is 10.1. The molecule has 1 saturated heterocycles. The highest BCUT2D eigenvalue weighted by Gasteiger charge is 2.44. The van der Waals surface area contributed by atoms with E-state index in [0.29, 0.717) is 0 Å². The first-order valence-corrected chi connectivity index (χ1v) is 7.46. The molecular formula is C16H19N3O5. The molecule has 24 heavy (non-hydrogen) atoms. The molecule has 0 bridgehead atoms. The number of hydrogen-bond acceptors (Lipinski definition) is 5. The lowest BCUT2D eigenvalue weighted by Crippen LogP contribution is -2.41. The summed E-state index contributed by atoms with van der Waals surface area (Å²) in [5.41, 5.74) is -0.585. The molecule has 2 rings (SSSR count). The van der Waals surface area contributed by atoms with Crippen molar-refractivity contribution in [3.63, 3.8) is 0 Å². The number of esters is 1. The number of imide groups is 1. The van der Waals surface area contributed by atoms with Crippen molar-refractivity contribution in [2.45, 2.75) is 26.3 Å². The van der Waals surface area contributed by atoms with E-state index in [-0.39, 0.29) is 17.9 Å². The number of hydrogen-bond donors (Lipinski definition) is 2. The van der Waals surface area contributed by atoms with Gasteiger partial charge in [-0.2, -0.15) is 0 Å². The average Bonchev–Trinajstić information content (AvgIpc) is 2.70. The van der Waals surface area contributed by atoms with Crippen LogP contribution in [0.1, 0.15) is 31.1 Å². The van der Waals surface area contributed by atoms with Crippen molar-refractivity contribution in [2.24, 2.45) is 0 Å². The molecule has 1 aliphatic rings. The van der Waals surface area contributed by atoms with Crippen LogP contribution in [0.4, 0.5) is 10.5 Å². The number of ether oxygens (including phenoxy) is 1. The lowest BCUT2D eigenvalue weighted by Gasteiger charge is -2.16. The second kappa shape index (κ2) is 6.69. The molecule has 0 spiro atoms. The zero-order chi connectivity index (χ0) is 17.9. The fourth-order valence-electron chi connectivity index (χ4n) is 2.27. The van der Waals surface area contributed by atoms with Crippen LogP contribution in [0.5, 0.6) is 0 Å². The van der Waals surface area contributed by atoms with E-state index in [4.69, 9.17) is 4.74 Å². The van der Waals surface area contributed by atoms with Crippen LogP contribution in [0.3, 0.4) is 0 Å². The summed E-state index contributed by atoms with van der Waals surface area (Å²) in [6.45, 7) is 4.56. The van der Waals surface area contributed by atoms with Crippen LogP contribution >= 0.6 is 0 Å². The number of anilines is 1. The molecule has 1 aliphatic heterocycles. The molecule has 2 N–H and O–H groups in total. The lowest BCUT2D eigenvalue weighted by molar-refractivity contribution is -0.132. The third kappa shape index (κ3) is 3.53. The minimum absolute atomic E-state index is 0.199. The van der Waals surface area contributed by atoms with Gasteiger partial charge in [-0.15, -0.1) is 0 Å². The van der Waals surface area contributed by atoms with Crippen LogP contribution in [0.15, 0.2) is 24.3 Å². The number of rotatable bonds is 5. The van der Waals surface area contributed by atoms with Gasteiger partial charge in [-0.05, 0) is 32.9 Å². The van der Waals surface area contributed by atoms with Crippen molar-refractivity contribution in [3.8, 4) is 0 Å². The van der Waals surface area contributed by atoms with Crippen molar-refractivity contribution in [1.29, 1.82) is 0 Å². The Balaban J connectivity index is 2.10. The van der Waals surface area contributed by atoms with Gasteiger partial charge in [-0.1, -0.05) is 12.1 Å². The van der Waals surface area contributed by atoms with Gasteiger partial charge in [0.25, 0.3) is 5.91 Å². The van der Waals surface area contributed by atoms with Crippen LogP contribution in [0, 0.1) is 0 Å². The first-order chi connectivity index (χ1) is 11.3. The molecule has 1 aromatic carbocycles. The summed E-state index contributed by atoms with van der Waals surface area (Å²) < 4.78 is 4.93. The Kier molecular flexibility index (Phi) is 4.87. The van der Waals surface area contributed by atoms with Crippen molar-refractivity contribution in [3.05, 3.63) is 29.8 Å². The predicted octanol–water partition coefficient (Wildman–Crippen LogP) is 1.13. The monoisotopic (exact) mass is 333 g/mol. The van der Waals surface area contributed by atoms with E-state index in [1.54, 1.807) is 39.0 Å². The van der Waals surface area contributed by atoms with Crippen LogP contribution in [-0.2, 0) is 14.3 Å². The SMILES string of the molecule is CCOC(=O)c1ccccc1NC(=O)CN1C(=O)NC(C)(C)C1=O. The normalized spacial score (nSPS) is 15.9. The minimum atomic E-state index is -1.04. The Labute approximate surface area is 139 Å². The summed E-state index contributed by atoms with van der Waals surface area (Å²) in [5.74, 6) is -1.64. The maximum atomic E-state index is 12.2. The van der Waals surface area contributed by atoms with Crippen molar-refractivity contribution >= 4 is 29.5 Å². The standard InChI is InChI=1S/C16H19N3O5/c1-4-24-13(21)10-7-5-6-8-11(10)17-12(20)9-19-14(22)16(2,3)18-15(19)23/h5-8H,4,9H2,1-3H3,(H,17,20)(H,18,23). The van der Waals surface area contributed by atoms with Gasteiger partial charge in [-0.3, -0.25) is 14.5 Å². The molecule has 1 heterocycles. The van der Waals surface area contributed by atoms with E-state index in [9.17, 15) is 19.2 Å². The number of amides is 4. The number of nitrogens with zero attached hydrogens (tertiary/aromatic N) is 1. The van der Waals surface area contributed by atoms with Crippen molar-refractivity contribution in [2.75, 3.05) is 18.5 Å². The third-order valence-corrected chi connectivity index (χ3v) is 3.44. The number of nitrogens with one attached hydrogen (secondary N) is 2. The zero-order valence-electron chi connectivity index (χ0n) is 13.7. The van der Waals surface area contributed by atoms with E-state index in [0.717, 1.165) is 4.90 Å². The summed E-state index contributed by atoms with van der Waals surface area (Å²) >= 11 is 0. The highest BCUT2D eigenvalue weighted by molar-refractivity contribution is 6.10. The molecule has 0 radical (unpaired) electrons. The Morgan fingerprint density at radius 1 is 1.25 bits per heavy atom. The van der Waals surface area contributed by atoms with E-state index in [1.807, 2.05) is 0 Å². The molecule has 0 aliphatic carbocycles. The van der Waals surface area contributed by atoms with E-state index >= 15 is 0 Å². The maximum Gasteiger partial charge on any atom is 0.340 e. The van der Waals surface area contributed by atoms with E-state index in [2.05, 4.69) is 10.6 Å². The predicted molar refractivity (Wildman–Crippen MR) is 85.4 cm³/mol. The number of carbonyl (C=O) groups excluding carboxylic acids is 4. The first-order valence-electron chi connectivity index (χ1n) is 7.46. The van der Waals surface area contributed by atoms with Gasteiger partial charge in [0.15, 0.2) is 0 Å². The molecule has 1 aromatic rings. The van der Waals surface area contributed by atoms with Gasteiger partial charge in [0.1, 0.15) is 12.1 Å². The average molecular weight is 333 g/mol.